The number of fused-ring (bicyclic) bond motifs is 3. The van der Waals surface area contributed by atoms with E-state index in [1.54, 1.807) is 23.4 Å². The Morgan fingerprint density at radius 2 is 1.76 bits per heavy atom. The Hall–Kier alpha value is -3.33. The molecule has 0 aliphatic carbocycles. The summed E-state index contributed by atoms with van der Waals surface area (Å²) < 4.78 is 5.73. The van der Waals surface area contributed by atoms with E-state index < -0.39 is 17.6 Å². The highest BCUT2D eigenvalue weighted by Gasteiger charge is 2.47. The number of rotatable bonds is 6. The van der Waals surface area contributed by atoms with Crippen molar-refractivity contribution in [2.45, 2.75) is 96.4 Å². The molecule has 1 aromatic carbocycles. The fourth-order valence-electron chi connectivity index (χ4n) is 6.39. The number of piperazine rings is 1. The van der Waals surface area contributed by atoms with Gasteiger partial charge in [0.05, 0.1) is 5.92 Å². The molecule has 2 fully saturated rings. The number of halogens is 1. The Balaban J connectivity index is 1.43. The number of carbonyl (C=O) groups is 2. The number of amides is 2. The van der Waals surface area contributed by atoms with Gasteiger partial charge in [-0.2, -0.15) is 0 Å². The molecule has 0 spiro atoms. The quantitative estimate of drug-likeness (QED) is 0.441. The van der Waals surface area contributed by atoms with Crippen molar-refractivity contribution in [1.82, 2.24) is 19.8 Å². The Morgan fingerprint density at radius 3 is 2.33 bits per heavy atom. The van der Waals surface area contributed by atoms with Gasteiger partial charge < -0.3 is 24.8 Å². The molecule has 2 bridgehead atoms. The standard InChI is InChI=1S/C32H43ClN6O3/c1-19(2)38(30(41)42-31(4,5)6)17-25(21-9-11-22(33)12-10-21)29(40)39-23-13-14-24(39)16-37(15-23)28-26-27(34-18-35-28)36-20(3)32(26,7)8/h9-12,18-19,23-25H,3,13-17H2,1-2,4-8H3,(H,34,35,36)/t23?,24?,25-/m1/s1. The number of hydrogen-bond acceptors (Lipinski definition) is 7. The summed E-state index contributed by atoms with van der Waals surface area (Å²) in [5.41, 5.74) is 1.84. The van der Waals surface area contributed by atoms with Crippen molar-refractivity contribution in [2.24, 2.45) is 0 Å². The van der Waals surface area contributed by atoms with E-state index in [4.69, 9.17) is 21.3 Å². The number of nitrogens with one attached hydrogen (secondary N) is 1. The van der Waals surface area contributed by atoms with Gasteiger partial charge >= 0.3 is 6.09 Å². The smallest absolute Gasteiger partial charge is 0.410 e. The molecule has 1 aromatic heterocycles. The molecule has 5 rings (SSSR count). The fourth-order valence-corrected chi connectivity index (χ4v) is 6.51. The van der Waals surface area contributed by atoms with Crippen LogP contribution in [0.5, 0.6) is 0 Å². The summed E-state index contributed by atoms with van der Waals surface area (Å²) in [6.45, 7) is 19.5. The SMILES string of the molecule is C=C1Nc2ncnc(N3CC4CCC(C3)N4C(=O)[C@H](CN(C(=O)OC(C)(C)C)C(C)C)c3ccc(Cl)cc3)c2C1(C)C. The van der Waals surface area contributed by atoms with Crippen molar-refractivity contribution in [3.8, 4) is 0 Å². The fraction of sp³-hybridized carbons (Fsp3) is 0.562. The second kappa shape index (κ2) is 11.1. The molecular formula is C32H43ClN6O3. The molecule has 2 amide bonds. The van der Waals surface area contributed by atoms with Crippen molar-refractivity contribution >= 4 is 35.2 Å². The summed E-state index contributed by atoms with van der Waals surface area (Å²) >= 11 is 6.22. The molecule has 2 saturated heterocycles. The van der Waals surface area contributed by atoms with Gasteiger partial charge in [0, 0.05) is 59.5 Å². The first-order valence-corrected chi connectivity index (χ1v) is 15.2. The zero-order valence-electron chi connectivity index (χ0n) is 25.8. The molecule has 2 aromatic rings. The lowest BCUT2D eigenvalue weighted by Crippen LogP contribution is -2.58. The molecule has 0 radical (unpaired) electrons. The largest absolute Gasteiger partial charge is 0.444 e. The maximum absolute atomic E-state index is 14.5. The molecule has 3 aliphatic heterocycles. The molecule has 3 aliphatic rings. The second-order valence-electron chi connectivity index (χ2n) is 13.5. The van der Waals surface area contributed by atoms with Gasteiger partial charge in [-0.1, -0.05) is 30.3 Å². The number of benzene rings is 1. The number of allylic oxidation sites excluding steroid dienone is 1. The molecular weight excluding hydrogens is 552 g/mol. The van der Waals surface area contributed by atoms with Crippen LogP contribution in [0.1, 0.15) is 78.4 Å². The first-order valence-electron chi connectivity index (χ1n) is 14.8. The first-order chi connectivity index (χ1) is 19.7. The number of carbonyl (C=O) groups excluding carboxylic acids is 2. The zero-order chi connectivity index (χ0) is 30.6. The van der Waals surface area contributed by atoms with E-state index >= 15 is 0 Å². The van der Waals surface area contributed by atoms with Gasteiger partial charge in [-0.15, -0.1) is 0 Å². The second-order valence-corrected chi connectivity index (χ2v) is 14.0. The monoisotopic (exact) mass is 594 g/mol. The van der Waals surface area contributed by atoms with E-state index in [0.717, 1.165) is 41.3 Å². The lowest BCUT2D eigenvalue weighted by molar-refractivity contribution is -0.136. The lowest BCUT2D eigenvalue weighted by Gasteiger charge is -2.44. The van der Waals surface area contributed by atoms with Crippen LogP contribution in [-0.2, 0) is 14.9 Å². The van der Waals surface area contributed by atoms with Crippen molar-refractivity contribution in [2.75, 3.05) is 29.9 Å². The molecule has 3 atom stereocenters. The van der Waals surface area contributed by atoms with Gasteiger partial charge in [-0.25, -0.2) is 14.8 Å². The molecule has 4 heterocycles. The first kappa shape index (κ1) is 30.1. The summed E-state index contributed by atoms with van der Waals surface area (Å²) in [6.07, 6.45) is 3.01. The zero-order valence-corrected chi connectivity index (χ0v) is 26.5. The number of aromatic nitrogens is 2. The number of hydrogen-bond donors (Lipinski definition) is 1. The highest BCUT2D eigenvalue weighted by Crippen LogP contribution is 2.46. The summed E-state index contributed by atoms with van der Waals surface area (Å²) in [4.78, 5) is 43.0. The molecule has 2 unspecified atom stereocenters. The van der Waals surface area contributed by atoms with Crippen LogP contribution in [0.25, 0.3) is 0 Å². The van der Waals surface area contributed by atoms with Gasteiger partial charge in [-0.05, 0) is 79.0 Å². The molecule has 42 heavy (non-hydrogen) atoms. The Kier molecular flexibility index (Phi) is 7.94. The lowest BCUT2D eigenvalue weighted by atomic mass is 9.85. The van der Waals surface area contributed by atoms with Crippen LogP contribution >= 0.6 is 11.6 Å². The molecule has 0 saturated carbocycles. The predicted molar refractivity (Wildman–Crippen MR) is 166 cm³/mol. The minimum atomic E-state index is -0.642. The van der Waals surface area contributed by atoms with Gasteiger partial charge in [0.2, 0.25) is 5.91 Å². The van der Waals surface area contributed by atoms with E-state index in [1.807, 2.05) is 46.8 Å². The molecule has 226 valence electrons. The van der Waals surface area contributed by atoms with Crippen molar-refractivity contribution < 1.29 is 14.3 Å². The Bertz CT molecular complexity index is 1360. The minimum absolute atomic E-state index is 0.0296. The van der Waals surface area contributed by atoms with Crippen LogP contribution in [0.3, 0.4) is 0 Å². The van der Waals surface area contributed by atoms with E-state index in [0.29, 0.717) is 18.1 Å². The third-order valence-corrected chi connectivity index (χ3v) is 8.97. The van der Waals surface area contributed by atoms with Gasteiger partial charge in [0.15, 0.2) is 0 Å². The maximum atomic E-state index is 14.5. The van der Waals surface area contributed by atoms with Crippen LogP contribution < -0.4 is 10.2 Å². The molecule has 10 heteroatoms. The van der Waals surface area contributed by atoms with E-state index in [1.165, 1.54) is 0 Å². The van der Waals surface area contributed by atoms with Crippen LogP contribution in [0.4, 0.5) is 16.4 Å². The Morgan fingerprint density at radius 1 is 1.14 bits per heavy atom. The van der Waals surface area contributed by atoms with E-state index in [9.17, 15) is 9.59 Å². The number of anilines is 2. The number of ether oxygens (including phenoxy) is 1. The van der Waals surface area contributed by atoms with Crippen LogP contribution in [0.2, 0.25) is 5.02 Å². The van der Waals surface area contributed by atoms with Gasteiger partial charge in [0.25, 0.3) is 0 Å². The van der Waals surface area contributed by atoms with Crippen molar-refractivity contribution in [1.29, 1.82) is 0 Å². The van der Waals surface area contributed by atoms with Crippen LogP contribution in [0.15, 0.2) is 42.9 Å². The number of nitrogens with zero attached hydrogens (tertiary/aromatic N) is 5. The third-order valence-electron chi connectivity index (χ3n) is 8.71. The molecule has 1 N–H and O–H groups in total. The third kappa shape index (κ3) is 5.68. The highest BCUT2D eigenvalue weighted by atomic mass is 35.5. The average molecular weight is 595 g/mol. The summed E-state index contributed by atoms with van der Waals surface area (Å²) in [5.74, 6) is 1.19. The highest BCUT2D eigenvalue weighted by molar-refractivity contribution is 6.30. The summed E-state index contributed by atoms with van der Waals surface area (Å²) in [5, 5.41) is 3.93. The van der Waals surface area contributed by atoms with Crippen molar-refractivity contribution in [3.05, 3.63) is 59.0 Å². The summed E-state index contributed by atoms with van der Waals surface area (Å²) in [6, 6.07) is 7.30. The van der Waals surface area contributed by atoms with Crippen LogP contribution in [0, 0.1) is 0 Å². The van der Waals surface area contributed by atoms with Gasteiger partial charge in [0.1, 0.15) is 23.6 Å². The molecule has 9 nitrogen and oxygen atoms in total. The van der Waals surface area contributed by atoms with Crippen LogP contribution in [-0.4, -0.2) is 75.1 Å². The normalized spacial score (nSPS) is 21.7. The van der Waals surface area contributed by atoms with E-state index in [2.05, 4.69) is 40.5 Å². The van der Waals surface area contributed by atoms with Gasteiger partial charge in [-0.3, -0.25) is 4.79 Å². The average Bonchev–Trinajstić information content (AvgIpc) is 3.30. The maximum Gasteiger partial charge on any atom is 0.410 e. The summed E-state index contributed by atoms with van der Waals surface area (Å²) in [7, 11) is 0. The Labute approximate surface area is 254 Å². The minimum Gasteiger partial charge on any atom is -0.444 e. The topological polar surface area (TPSA) is 90.9 Å². The predicted octanol–water partition coefficient (Wildman–Crippen LogP) is 5.96. The van der Waals surface area contributed by atoms with E-state index in [-0.39, 0.29) is 36.0 Å². The van der Waals surface area contributed by atoms with Crippen molar-refractivity contribution in [3.63, 3.8) is 0 Å².